The van der Waals surface area contributed by atoms with Crippen LogP contribution in [0.3, 0.4) is 0 Å². The zero-order valence-corrected chi connectivity index (χ0v) is 16.1. The Kier molecular flexibility index (Phi) is 9.40. The SMILES string of the molecule is O=C(NCCCN1CCOCC1)c1ccc(N(CCCl)CCCl)cc1. The van der Waals surface area contributed by atoms with Gasteiger partial charge in [0.25, 0.3) is 5.91 Å². The first-order valence-electron chi connectivity index (χ1n) is 8.80. The molecular formula is C18H27Cl2N3O2. The van der Waals surface area contributed by atoms with E-state index < -0.39 is 0 Å². The van der Waals surface area contributed by atoms with Crippen molar-refractivity contribution < 1.29 is 9.53 Å². The van der Waals surface area contributed by atoms with Crippen LogP contribution in [0.1, 0.15) is 16.8 Å². The number of morpholine rings is 1. The van der Waals surface area contributed by atoms with Gasteiger partial charge in [-0.3, -0.25) is 9.69 Å². The molecule has 0 atom stereocenters. The molecule has 1 aromatic rings. The molecule has 1 aliphatic heterocycles. The van der Waals surface area contributed by atoms with E-state index >= 15 is 0 Å². The molecule has 140 valence electrons. The number of alkyl halides is 2. The Hall–Kier alpha value is -1.01. The van der Waals surface area contributed by atoms with Crippen molar-refractivity contribution in [1.82, 2.24) is 10.2 Å². The summed E-state index contributed by atoms with van der Waals surface area (Å²) in [5.74, 6) is 1.06. The third kappa shape index (κ3) is 7.02. The topological polar surface area (TPSA) is 44.8 Å². The number of carbonyl (C=O) groups is 1. The molecule has 25 heavy (non-hydrogen) atoms. The molecule has 0 saturated carbocycles. The second kappa shape index (κ2) is 11.6. The number of hydrogen-bond donors (Lipinski definition) is 1. The van der Waals surface area contributed by atoms with E-state index in [4.69, 9.17) is 27.9 Å². The number of rotatable bonds is 10. The van der Waals surface area contributed by atoms with Crippen molar-refractivity contribution in [2.75, 3.05) is 69.1 Å². The molecule has 1 aromatic carbocycles. The van der Waals surface area contributed by atoms with E-state index in [0.717, 1.165) is 58.0 Å². The van der Waals surface area contributed by atoms with Crippen LogP contribution < -0.4 is 10.2 Å². The summed E-state index contributed by atoms with van der Waals surface area (Å²) in [7, 11) is 0. The lowest BCUT2D eigenvalue weighted by atomic mass is 10.1. The molecule has 1 saturated heterocycles. The van der Waals surface area contributed by atoms with Crippen LogP contribution in [0.4, 0.5) is 5.69 Å². The summed E-state index contributed by atoms with van der Waals surface area (Å²) in [6.45, 7) is 6.74. The summed E-state index contributed by atoms with van der Waals surface area (Å²) in [5, 5.41) is 2.98. The van der Waals surface area contributed by atoms with Crippen molar-refractivity contribution in [2.24, 2.45) is 0 Å². The first-order valence-corrected chi connectivity index (χ1v) is 9.86. The van der Waals surface area contributed by atoms with Crippen molar-refractivity contribution in [3.63, 3.8) is 0 Å². The van der Waals surface area contributed by atoms with E-state index in [9.17, 15) is 4.79 Å². The van der Waals surface area contributed by atoms with Crippen LogP contribution in [-0.2, 0) is 4.74 Å². The number of anilines is 1. The van der Waals surface area contributed by atoms with Crippen LogP contribution >= 0.6 is 23.2 Å². The molecule has 0 radical (unpaired) electrons. The fourth-order valence-corrected chi connectivity index (χ4v) is 3.24. The monoisotopic (exact) mass is 387 g/mol. The van der Waals surface area contributed by atoms with E-state index in [-0.39, 0.29) is 5.91 Å². The summed E-state index contributed by atoms with van der Waals surface area (Å²) in [6.07, 6.45) is 0.947. The van der Waals surface area contributed by atoms with Gasteiger partial charge in [-0.15, -0.1) is 23.2 Å². The molecule has 1 amide bonds. The lowest BCUT2D eigenvalue weighted by Crippen LogP contribution is -2.38. The minimum Gasteiger partial charge on any atom is -0.379 e. The van der Waals surface area contributed by atoms with Crippen LogP contribution in [0.25, 0.3) is 0 Å². The van der Waals surface area contributed by atoms with Crippen LogP contribution in [0.15, 0.2) is 24.3 Å². The van der Waals surface area contributed by atoms with E-state index in [1.807, 2.05) is 24.3 Å². The van der Waals surface area contributed by atoms with Crippen molar-refractivity contribution in [1.29, 1.82) is 0 Å². The summed E-state index contributed by atoms with van der Waals surface area (Å²) in [5.41, 5.74) is 1.71. The number of nitrogens with zero attached hydrogens (tertiary/aromatic N) is 2. The molecule has 0 aliphatic carbocycles. The Morgan fingerprint density at radius 2 is 1.76 bits per heavy atom. The molecule has 0 unspecified atom stereocenters. The maximum atomic E-state index is 12.2. The second-order valence-electron chi connectivity index (χ2n) is 5.98. The van der Waals surface area contributed by atoms with E-state index in [1.165, 1.54) is 0 Å². The Morgan fingerprint density at radius 1 is 1.12 bits per heavy atom. The van der Waals surface area contributed by atoms with Gasteiger partial charge in [0.1, 0.15) is 0 Å². The quantitative estimate of drug-likeness (QED) is 0.494. The largest absolute Gasteiger partial charge is 0.379 e. The number of ether oxygens (including phenoxy) is 1. The molecule has 5 nitrogen and oxygen atoms in total. The van der Waals surface area contributed by atoms with Gasteiger partial charge < -0.3 is 15.0 Å². The highest BCUT2D eigenvalue weighted by Crippen LogP contribution is 2.15. The predicted octanol–water partition coefficient (Wildman–Crippen LogP) is 2.42. The number of nitrogens with one attached hydrogen (secondary N) is 1. The highest BCUT2D eigenvalue weighted by atomic mass is 35.5. The summed E-state index contributed by atoms with van der Waals surface area (Å²) in [4.78, 5) is 16.7. The van der Waals surface area contributed by atoms with Gasteiger partial charge in [0.05, 0.1) is 13.2 Å². The number of amides is 1. The average molecular weight is 388 g/mol. The smallest absolute Gasteiger partial charge is 0.251 e. The minimum absolute atomic E-state index is 0.0326. The molecule has 1 heterocycles. The number of benzene rings is 1. The Bertz CT molecular complexity index is 502. The van der Waals surface area contributed by atoms with Gasteiger partial charge in [-0.2, -0.15) is 0 Å². The highest BCUT2D eigenvalue weighted by molar-refractivity contribution is 6.18. The zero-order chi connectivity index (χ0) is 17.9. The van der Waals surface area contributed by atoms with Crippen LogP contribution in [0.5, 0.6) is 0 Å². The normalized spacial score (nSPS) is 15.1. The van der Waals surface area contributed by atoms with E-state index in [0.29, 0.717) is 23.9 Å². The molecule has 1 fully saturated rings. The summed E-state index contributed by atoms with van der Waals surface area (Å²) < 4.78 is 5.33. The van der Waals surface area contributed by atoms with Crippen molar-refractivity contribution >= 4 is 34.8 Å². The number of halogens is 2. The van der Waals surface area contributed by atoms with Gasteiger partial charge in [0, 0.05) is 55.7 Å². The lowest BCUT2D eigenvalue weighted by Gasteiger charge is -2.26. The Labute approximate surface area is 160 Å². The number of carbonyl (C=O) groups excluding carboxylic acids is 1. The third-order valence-corrected chi connectivity index (χ3v) is 4.58. The van der Waals surface area contributed by atoms with Crippen LogP contribution in [-0.4, -0.2) is 75.0 Å². The molecule has 2 rings (SSSR count). The van der Waals surface area contributed by atoms with Crippen LogP contribution in [0, 0.1) is 0 Å². The maximum absolute atomic E-state index is 12.2. The first kappa shape index (κ1) is 20.3. The van der Waals surface area contributed by atoms with Gasteiger partial charge in [-0.05, 0) is 37.2 Å². The fourth-order valence-electron chi connectivity index (χ4n) is 2.83. The van der Waals surface area contributed by atoms with Gasteiger partial charge in [-0.1, -0.05) is 0 Å². The van der Waals surface area contributed by atoms with Crippen molar-refractivity contribution in [3.05, 3.63) is 29.8 Å². The fraction of sp³-hybridized carbons (Fsp3) is 0.611. The lowest BCUT2D eigenvalue weighted by molar-refractivity contribution is 0.0374. The van der Waals surface area contributed by atoms with E-state index in [1.54, 1.807) is 0 Å². The van der Waals surface area contributed by atoms with Crippen LogP contribution in [0.2, 0.25) is 0 Å². The Morgan fingerprint density at radius 3 is 2.36 bits per heavy atom. The molecule has 0 bridgehead atoms. The first-order chi connectivity index (χ1) is 12.2. The molecular weight excluding hydrogens is 361 g/mol. The maximum Gasteiger partial charge on any atom is 0.251 e. The summed E-state index contributed by atoms with van der Waals surface area (Å²) in [6, 6.07) is 7.59. The summed E-state index contributed by atoms with van der Waals surface area (Å²) >= 11 is 11.7. The van der Waals surface area contributed by atoms with E-state index in [2.05, 4.69) is 15.1 Å². The highest BCUT2D eigenvalue weighted by Gasteiger charge is 2.11. The van der Waals surface area contributed by atoms with Crippen molar-refractivity contribution in [2.45, 2.75) is 6.42 Å². The van der Waals surface area contributed by atoms with Gasteiger partial charge >= 0.3 is 0 Å². The minimum atomic E-state index is -0.0326. The average Bonchev–Trinajstić information content (AvgIpc) is 2.66. The zero-order valence-electron chi connectivity index (χ0n) is 14.6. The van der Waals surface area contributed by atoms with Gasteiger partial charge in [0.2, 0.25) is 0 Å². The molecule has 1 N–H and O–H groups in total. The molecule has 1 aliphatic rings. The van der Waals surface area contributed by atoms with Gasteiger partial charge in [0.15, 0.2) is 0 Å². The molecule has 0 spiro atoms. The second-order valence-corrected chi connectivity index (χ2v) is 6.73. The number of hydrogen-bond acceptors (Lipinski definition) is 4. The van der Waals surface area contributed by atoms with Gasteiger partial charge in [-0.25, -0.2) is 0 Å². The third-order valence-electron chi connectivity index (χ3n) is 4.24. The molecule has 7 heteroatoms. The van der Waals surface area contributed by atoms with Crippen molar-refractivity contribution in [3.8, 4) is 0 Å². The standard InChI is InChI=1S/C18H27Cl2N3O2/c19-6-10-23(11-7-20)17-4-2-16(3-5-17)18(24)21-8-1-9-22-12-14-25-15-13-22/h2-5H,1,6-15H2,(H,21,24). The Balaban J connectivity index is 1.75. The molecule has 0 aromatic heterocycles. The predicted molar refractivity (Wildman–Crippen MR) is 104 cm³/mol.